The van der Waals surface area contributed by atoms with E-state index in [1.807, 2.05) is 49.4 Å². The van der Waals surface area contributed by atoms with Crippen LogP contribution in [0.15, 0.2) is 66.7 Å². The third-order valence-electron chi connectivity index (χ3n) is 7.84. The van der Waals surface area contributed by atoms with Gasteiger partial charge in [-0.2, -0.15) is 0 Å². The van der Waals surface area contributed by atoms with E-state index in [1.165, 1.54) is 0 Å². The molecule has 10 heteroatoms. The highest BCUT2D eigenvalue weighted by Crippen LogP contribution is 2.47. The first-order chi connectivity index (χ1) is 20.4. The van der Waals surface area contributed by atoms with Gasteiger partial charge in [-0.25, -0.2) is 4.79 Å². The van der Waals surface area contributed by atoms with Crippen molar-refractivity contribution in [1.82, 2.24) is 9.80 Å². The Kier molecular flexibility index (Phi) is 9.02. The van der Waals surface area contributed by atoms with Gasteiger partial charge in [0, 0.05) is 38.1 Å². The summed E-state index contributed by atoms with van der Waals surface area (Å²) in [6, 6.07) is 19.6. The fourth-order valence-corrected chi connectivity index (χ4v) is 5.76. The van der Waals surface area contributed by atoms with Crippen LogP contribution in [0.4, 0.5) is 4.79 Å². The second-order valence-electron chi connectivity index (χ2n) is 10.3. The number of ether oxygens (including phenoxy) is 5. The smallest absolute Gasteiger partial charge is 0.415 e. The first-order valence-corrected chi connectivity index (χ1v) is 14.0. The maximum absolute atomic E-state index is 13.2. The Hall–Kier alpha value is -4.44. The normalized spacial score (nSPS) is 19.4. The minimum absolute atomic E-state index is 0.145. The predicted octanol–water partition coefficient (Wildman–Crippen LogP) is 5.18. The van der Waals surface area contributed by atoms with Gasteiger partial charge in [-0.15, -0.1) is 0 Å². The average molecular weight is 577 g/mol. The molecule has 10 nitrogen and oxygen atoms in total. The Morgan fingerprint density at radius 2 is 1.50 bits per heavy atom. The van der Waals surface area contributed by atoms with Crippen molar-refractivity contribution < 1.29 is 38.4 Å². The summed E-state index contributed by atoms with van der Waals surface area (Å²) >= 11 is 0. The quantitative estimate of drug-likeness (QED) is 0.330. The largest absolute Gasteiger partial charge is 0.497 e. The molecule has 2 aliphatic heterocycles. The van der Waals surface area contributed by atoms with Crippen LogP contribution >= 0.6 is 0 Å². The molecule has 0 saturated carbocycles. The van der Waals surface area contributed by atoms with Crippen molar-refractivity contribution in [2.24, 2.45) is 5.92 Å². The Labute approximate surface area is 245 Å². The highest BCUT2D eigenvalue weighted by atomic mass is 16.7. The van der Waals surface area contributed by atoms with Crippen molar-refractivity contribution in [2.45, 2.75) is 25.3 Å². The monoisotopic (exact) mass is 576 g/mol. The fraction of sp³-hybridized carbons (Fsp3) is 0.375. The Balaban J connectivity index is 1.40. The van der Waals surface area contributed by atoms with Crippen molar-refractivity contribution in [3.63, 3.8) is 0 Å². The van der Waals surface area contributed by atoms with Gasteiger partial charge < -0.3 is 33.7 Å². The topological polar surface area (TPSA) is 107 Å². The molecule has 0 bridgehead atoms. The molecule has 3 atom stereocenters. The van der Waals surface area contributed by atoms with E-state index in [9.17, 15) is 14.7 Å². The van der Waals surface area contributed by atoms with Crippen molar-refractivity contribution in [2.75, 3.05) is 47.2 Å². The molecule has 1 N–H and O–H groups in total. The van der Waals surface area contributed by atoms with Gasteiger partial charge in [0.2, 0.25) is 6.79 Å². The summed E-state index contributed by atoms with van der Waals surface area (Å²) in [7, 11) is 3.17. The molecule has 222 valence electrons. The third kappa shape index (κ3) is 6.23. The van der Waals surface area contributed by atoms with Crippen molar-refractivity contribution in [1.29, 1.82) is 0 Å². The van der Waals surface area contributed by atoms with Gasteiger partial charge in [-0.05, 0) is 66.1 Å². The number of carbonyl (C=O) groups excluding carboxylic acids is 1. The first kappa shape index (κ1) is 29.1. The van der Waals surface area contributed by atoms with Crippen LogP contribution in [0, 0.1) is 5.92 Å². The molecule has 5 rings (SSSR count). The summed E-state index contributed by atoms with van der Waals surface area (Å²) in [5.41, 5.74) is 1.74. The summed E-state index contributed by atoms with van der Waals surface area (Å²) in [5, 5.41) is 10.5. The van der Waals surface area contributed by atoms with Gasteiger partial charge in [0.15, 0.2) is 11.5 Å². The second-order valence-corrected chi connectivity index (χ2v) is 10.3. The summed E-state index contributed by atoms with van der Waals surface area (Å²) < 4.78 is 27.2. The summed E-state index contributed by atoms with van der Waals surface area (Å²) in [4.78, 5) is 29.9. The van der Waals surface area contributed by atoms with Crippen LogP contribution in [0.25, 0.3) is 0 Å². The molecule has 2 heterocycles. The number of nitrogens with zero attached hydrogens (tertiary/aromatic N) is 2. The zero-order valence-corrected chi connectivity index (χ0v) is 24.0. The lowest BCUT2D eigenvalue weighted by molar-refractivity contribution is -0.143. The highest BCUT2D eigenvalue weighted by Gasteiger charge is 2.47. The zero-order valence-electron chi connectivity index (χ0n) is 24.0. The maximum Gasteiger partial charge on any atom is 0.415 e. The fourth-order valence-electron chi connectivity index (χ4n) is 5.76. The van der Waals surface area contributed by atoms with E-state index >= 15 is 0 Å². The number of fused-ring (bicyclic) bond motifs is 1. The van der Waals surface area contributed by atoms with Gasteiger partial charge in [0.25, 0.3) is 0 Å². The molecule has 3 aromatic rings. The minimum Gasteiger partial charge on any atom is -0.497 e. The molecule has 0 aromatic heterocycles. The predicted molar refractivity (Wildman–Crippen MR) is 155 cm³/mol. The molecule has 1 amide bonds. The number of rotatable bonds is 11. The van der Waals surface area contributed by atoms with Crippen molar-refractivity contribution in [3.05, 3.63) is 77.9 Å². The number of methoxy groups -OCH3 is 2. The van der Waals surface area contributed by atoms with Crippen LogP contribution in [0.5, 0.6) is 28.7 Å². The zero-order chi connectivity index (χ0) is 29.6. The Bertz CT molecular complexity index is 1380. The number of carboxylic acids is 1. The van der Waals surface area contributed by atoms with E-state index in [-0.39, 0.29) is 12.7 Å². The summed E-state index contributed by atoms with van der Waals surface area (Å²) in [5.74, 6) is 1.13. The average Bonchev–Trinajstić information content (AvgIpc) is 3.64. The number of carbonyl (C=O) groups is 2. The lowest BCUT2D eigenvalue weighted by Gasteiger charge is -2.30. The number of hydrogen-bond donors (Lipinski definition) is 1. The Morgan fingerprint density at radius 1 is 0.881 bits per heavy atom. The van der Waals surface area contributed by atoms with Crippen LogP contribution in [0.1, 0.15) is 36.4 Å². The molecule has 1 fully saturated rings. The van der Waals surface area contributed by atoms with Crippen LogP contribution < -0.4 is 23.7 Å². The van der Waals surface area contributed by atoms with Gasteiger partial charge in [-0.3, -0.25) is 9.69 Å². The summed E-state index contributed by atoms with van der Waals surface area (Å²) in [6.07, 6.45) is 0.293. The van der Waals surface area contributed by atoms with Crippen LogP contribution in [-0.2, 0) is 4.79 Å². The van der Waals surface area contributed by atoms with Crippen molar-refractivity contribution in [3.8, 4) is 28.7 Å². The standard InChI is InChI=1S/C32H36N2O8/c1-4-15-33(32(37)42-25-12-10-24(39-3)11-13-25)16-17-34-19-26(22-7-14-27-28(18-22)41-20-40-27)29(31(35)36)30(34)21-5-8-23(38-2)9-6-21/h5-14,18,26,29-30H,4,15-17,19-20H2,1-3H3,(H,35,36)/t26-,29+,30-/m1/s1. The minimum atomic E-state index is -0.884. The molecule has 2 aliphatic rings. The van der Waals surface area contributed by atoms with E-state index in [2.05, 4.69) is 4.90 Å². The number of likely N-dealkylation sites (tertiary alicyclic amines) is 1. The van der Waals surface area contributed by atoms with E-state index in [4.69, 9.17) is 23.7 Å². The summed E-state index contributed by atoms with van der Waals surface area (Å²) in [6.45, 7) is 3.96. The molecule has 3 aromatic carbocycles. The molecule has 0 radical (unpaired) electrons. The molecule has 1 saturated heterocycles. The van der Waals surface area contributed by atoms with E-state index in [0.717, 1.165) is 17.5 Å². The highest BCUT2D eigenvalue weighted by molar-refractivity contribution is 5.74. The Morgan fingerprint density at radius 3 is 2.14 bits per heavy atom. The van der Waals surface area contributed by atoms with E-state index in [1.54, 1.807) is 43.4 Å². The van der Waals surface area contributed by atoms with Crippen molar-refractivity contribution >= 4 is 12.1 Å². The number of amides is 1. The second kappa shape index (κ2) is 13.0. The number of hydrogen-bond acceptors (Lipinski definition) is 8. The maximum atomic E-state index is 13.2. The molecule has 0 spiro atoms. The van der Waals surface area contributed by atoms with Crippen LogP contribution in [0.3, 0.4) is 0 Å². The van der Waals surface area contributed by atoms with Gasteiger partial charge >= 0.3 is 12.1 Å². The lowest BCUT2D eigenvalue weighted by Crippen LogP contribution is -2.41. The van der Waals surface area contributed by atoms with Gasteiger partial charge in [-0.1, -0.05) is 25.1 Å². The molecular weight excluding hydrogens is 540 g/mol. The molecule has 0 unspecified atom stereocenters. The van der Waals surface area contributed by atoms with E-state index < -0.39 is 24.0 Å². The molecular formula is C32H36N2O8. The number of carboxylic acid groups (broad SMARTS) is 1. The number of aliphatic carboxylic acids is 1. The van der Waals surface area contributed by atoms with Gasteiger partial charge in [0.1, 0.15) is 17.2 Å². The molecule has 0 aliphatic carbocycles. The SMILES string of the molecule is CCCN(CCN1C[C@H](c2ccc3c(c2)OCO3)[C@H](C(=O)O)[C@H]1c1ccc(OC)cc1)C(=O)Oc1ccc(OC)cc1. The van der Waals surface area contributed by atoms with Crippen LogP contribution in [-0.4, -0.2) is 74.2 Å². The third-order valence-corrected chi connectivity index (χ3v) is 7.84. The number of benzene rings is 3. The van der Waals surface area contributed by atoms with Crippen LogP contribution in [0.2, 0.25) is 0 Å². The lowest BCUT2D eigenvalue weighted by atomic mass is 9.82. The van der Waals surface area contributed by atoms with Gasteiger partial charge in [0.05, 0.1) is 20.1 Å². The molecule has 42 heavy (non-hydrogen) atoms. The van der Waals surface area contributed by atoms with E-state index in [0.29, 0.717) is 54.9 Å². The first-order valence-electron chi connectivity index (χ1n) is 14.0.